The largest absolute Gasteiger partial charge is 0.272 e. The normalized spacial score (nSPS) is 12.7. The fourth-order valence-corrected chi connectivity index (χ4v) is 2.65. The zero-order chi connectivity index (χ0) is 14.7. The number of benzene rings is 2. The molecular formula is C17H20N4. The van der Waals surface area contributed by atoms with Crippen molar-refractivity contribution in [1.29, 1.82) is 0 Å². The lowest BCUT2D eigenvalue weighted by Gasteiger charge is -2.15. The molecular weight excluding hydrogens is 260 g/mol. The molecule has 0 amide bonds. The first-order valence-electron chi connectivity index (χ1n) is 7.29. The van der Waals surface area contributed by atoms with Crippen LogP contribution in [0.2, 0.25) is 0 Å². The van der Waals surface area contributed by atoms with E-state index in [9.17, 15) is 0 Å². The third-order valence-electron chi connectivity index (χ3n) is 3.71. The molecule has 0 aliphatic rings. The van der Waals surface area contributed by atoms with Crippen molar-refractivity contribution in [2.24, 2.45) is 5.84 Å². The van der Waals surface area contributed by atoms with Crippen molar-refractivity contribution in [3.63, 3.8) is 0 Å². The second-order valence-electron chi connectivity index (χ2n) is 5.24. The molecule has 21 heavy (non-hydrogen) atoms. The summed E-state index contributed by atoms with van der Waals surface area (Å²) in [5.41, 5.74) is 5.13. The second kappa shape index (κ2) is 6.08. The van der Waals surface area contributed by atoms with Gasteiger partial charge in [-0.15, -0.1) is 0 Å². The lowest BCUT2D eigenvalue weighted by molar-refractivity contribution is 0.598. The van der Waals surface area contributed by atoms with Crippen molar-refractivity contribution in [2.75, 3.05) is 0 Å². The van der Waals surface area contributed by atoms with Crippen LogP contribution in [-0.4, -0.2) is 9.78 Å². The molecule has 3 rings (SSSR count). The molecule has 3 aromatic rings. The average molecular weight is 280 g/mol. The number of rotatable bonds is 5. The highest BCUT2D eigenvalue weighted by Crippen LogP contribution is 2.24. The number of nitrogens with zero attached hydrogens (tertiary/aromatic N) is 2. The molecule has 0 aliphatic heterocycles. The van der Waals surface area contributed by atoms with Gasteiger partial charge >= 0.3 is 0 Å². The first-order chi connectivity index (χ1) is 10.3. The average Bonchev–Trinajstić information content (AvgIpc) is 2.97. The minimum atomic E-state index is -0.0415. The van der Waals surface area contributed by atoms with E-state index in [1.165, 1.54) is 10.8 Å². The third-order valence-corrected chi connectivity index (χ3v) is 3.71. The highest BCUT2D eigenvalue weighted by Gasteiger charge is 2.14. The number of fused-ring (bicyclic) bond motifs is 1. The molecule has 1 heterocycles. The molecule has 0 bridgehead atoms. The number of aryl methyl sites for hydroxylation is 1. The van der Waals surface area contributed by atoms with E-state index in [1.807, 2.05) is 10.9 Å². The quantitative estimate of drug-likeness (QED) is 0.558. The van der Waals surface area contributed by atoms with Gasteiger partial charge in [0.1, 0.15) is 0 Å². The molecule has 0 saturated heterocycles. The van der Waals surface area contributed by atoms with Crippen molar-refractivity contribution in [2.45, 2.75) is 25.9 Å². The van der Waals surface area contributed by atoms with E-state index < -0.39 is 0 Å². The molecule has 4 heteroatoms. The van der Waals surface area contributed by atoms with Crippen LogP contribution >= 0.6 is 0 Å². The highest BCUT2D eigenvalue weighted by atomic mass is 15.3. The van der Waals surface area contributed by atoms with Crippen LogP contribution < -0.4 is 11.3 Å². The molecule has 1 atom stereocenters. The van der Waals surface area contributed by atoms with E-state index in [1.54, 1.807) is 0 Å². The van der Waals surface area contributed by atoms with Gasteiger partial charge in [0.25, 0.3) is 0 Å². The van der Waals surface area contributed by atoms with Gasteiger partial charge in [-0.1, -0.05) is 43.3 Å². The first-order valence-corrected chi connectivity index (χ1v) is 7.29. The lowest BCUT2D eigenvalue weighted by Crippen LogP contribution is -2.28. The maximum atomic E-state index is 5.78. The molecule has 0 radical (unpaired) electrons. The number of hydrazine groups is 1. The lowest BCUT2D eigenvalue weighted by atomic mass is 9.99. The number of nitrogens with one attached hydrogen (secondary N) is 1. The Kier molecular flexibility index (Phi) is 3.99. The zero-order valence-corrected chi connectivity index (χ0v) is 12.2. The Hall–Kier alpha value is -2.17. The Balaban J connectivity index is 1.96. The van der Waals surface area contributed by atoms with Gasteiger partial charge in [0, 0.05) is 18.3 Å². The van der Waals surface area contributed by atoms with Crippen LogP contribution in [0.1, 0.15) is 30.5 Å². The molecule has 0 saturated carbocycles. The summed E-state index contributed by atoms with van der Waals surface area (Å²) in [6.07, 6.45) is 5.01. The van der Waals surface area contributed by atoms with Crippen molar-refractivity contribution in [3.8, 4) is 0 Å². The molecule has 0 aliphatic carbocycles. The van der Waals surface area contributed by atoms with Gasteiger partial charge in [-0.25, -0.2) is 5.43 Å². The number of hydrogen-bond acceptors (Lipinski definition) is 3. The van der Waals surface area contributed by atoms with Crippen LogP contribution in [0.3, 0.4) is 0 Å². The Bertz CT molecular complexity index is 732. The standard InChI is InChI=1S/C17H20N4/c1-2-9-21-12-16(11-19-21)17(20-18)15-8-7-13-5-3-4-6-14(13)10-15/h3-8,10-12,17,20H,2,9,18H2,1H3. The number of nitrogens with two attached hydrogens (primary N) is 1. The van der Waals surface area contributed by atoms with Gasteiger partial charge in [-0.3, -0.25) is 10.5 Å². The molecule has 0 fully saturated rings. The summed E-state index contributed by atoms with van der Waals surface area (Å²) in [5.74, 6) is 5.78. The van der Waals surface area contributed by atoms with Gasteiger partial charge < -0.3 is 0 Å². The fourth-order valence-electron chi connectivity index (χ4n) is 2.65. The van der Waals surface area contributed by atoms with Crippen LogP contribution in [0.4, 0.5) is 0 Å². The van der Waals surface area contributed by atoms with Gasteiger partial charge in [0.15, 0.2) is 0 Å². The monoisotopic (exact) mass is 280 g/mol. The van der Waals surface area contributed by atoms with Crippen molar-refractivity contribution >= 4 is 10.8 Å². The third kappa shape index (κ3) is 2.82. The van der Waals surface area contributed by atoms with Crippen LogP contribution in [-0.2, 0) is 6.54 Å². The molecule has 2 aromatic carbocycles. The second-order valence-corrected chi connectivity index (χ2v) is 5.24. The van der Waals surface area contributed by atoms with E-state index >= 15 is 0 Å². The highest BCUT2D eigenvalue weighted by molar-refractivity contribution is 5.83. The predicted molar refractivity (Wildman–Crippen MR) is 85.6 cm³/mol. The van der Waals surface area contributed by atoms with Gasteiger partial charge in [-0.2, -0.15) is 5.10 Å². The van der Waals surface area contributed by atoms with E-state index in [0.29, 0.717) is 0 Å². The fraction of sp³-hybridized carbons (Fsp3) is 0.235. The topological polar surface area (TPSA) is 55.9 Å². The Morgan fingerprint density at radius 2 is 1.95 bits per heavy atom. The summed E-state index contributed by atoms with van der Waals surface area (Å²) in [6, 6.07) is 14.7. The number of aromatic nitrogens is 2. The summed E-state index contributed by atoms with van der Waals surface area (Å²) < 4.78 is 1.96. The molecule has 1 aromatic heterocycles. The van der Waals surface area contributed by atoms with Gasteiger partial charge in [0.05, 0.1) is 12.2 Å². The number of hydrogen-bond donors (Lipinski definition) is 2. The van der Waals surface area contributed by atoms with Crippen molar-refractivity contribution in [1.82, 2.24) is 15.2 Å². The van der Waals surface area contributed by atoms with Crippen LogP contribution in [0.25, 0.3) is 10.8 Å². The Labute approximate surface area is 124 Å². The SMILES string of the molecule is CCCn1cc(C(NN)c2ccc3ccccc3c2)cn1. The Morgan fingerprint density at radius 1 is 1.14 bits per heavy atom. The molecule has 0 spiro atoms. The van der Waals surface area contributed by atoms with Crippen molar-refractivity contribution < 1.29 is 0 Å². The molecule has 4 nitrogen and oxygen atoms in total. The van der Waals surface area contributed by atoms with E-state index in [2.05, 4.69) is 66.1 Å². The minimum Gasteiger partial charge on any atom is -0.272 e. The maximum absolute atomic E-state index is 5.78. The predicted octanol–water partition coefficient (Wildman–Crippen LogP) is 3.00. The summed E-state index contributed by atoms with van der Waals surface area (Å²) in [7, 11) is 0. The van der Waals surface area contributed by atoms with Crippen LogP contribution in [0, 0.1) is 0 Å². The minimum absolute atomic E-state index is 0.0415. The van der Waals surface area contributed by atoms with E-state index in [0.717, 1.165) is 24.1 Å². The Morgan fingerprint density at radius 3 is 2.71 bits per heavy atom. The molecule has 1 unspecified atom stereocenters. The molecule has 3 N–H and O–H groups in total. The summed E-state index contributed by atoms with van der Waals surface area (Å²) >= 11 is 0. The molecule has 108 valence electrons. The van der Waals surface area contributed by atoms with Crippen molar-refractivity contribution in [3.05, 3.63) is 66.0 Å². The van der Waals surface area contributed by atoms with Gasteiger partial charge in [0.2, 0.25) is 0 Å². The summed E-state index contributed by atoms with van der Waals surface area (Å²) in [6.45, 7) is 3.07. The van der Waals surface area contributed by atoms with Gasteiger partial charge in [-0.05, 0) is 28.8 Å². The maximum Gasteiger partial charge on any atom is 0.0740 e. The zero-order valence-electron chi connectivity index (χ0n) is 12.2. The van der Waals surface area contributed by atoms with Crippen LogP contribution in [0.15, 0.2) is 54.9 Å². The summed E-state index contributed by atoms with van der Waals surface area (Å²) in [5, 5.41) is 6.84. The summed E-state index contributed by atoms with van der Waals surface area (Å²) in [4.78, 5) is 0. The van der Waals surface area contributed by atoms with E-state index in [4.69, 9.17) is 5.84 Å². The van der Waals surface area contributed by atoms with Crippen LogP contribution in [0.5, 0.6) is 0 Å². The first kappa shape index (κ1) is 13.8. The van der Waals surface area contributed by atoms with E-state index in [-0.39, 0.29) is 6.04 Å². The smallest absolute Gasteiger partial charge is 0.0740 e.